The fourth-order valence-electron chi connectivity index (χ4n) is 4.20. The van der Waals surface area contributed by atoms with E-state index in [1.807, 2.05) is 30.3 Å². The normalized spacial score (nSPS) is 17.2. The summed E-state index contributed by atoms with van der Waals surface area (Å²) in [6, 6.07) is 14.5. The minimum absolute atomic E-state index is 0.0178. The first-order chi connectivity index (χ1) is 18.2. The molecule has 0 bridgehead atoms. The number of ether oxygens (including phenoxy) is 3. The number of carbonyl (C=O) groups is 2. The summed E-state index contributed by atoms with van der Waals surface area (Å²) in [6.07, 6.45) is -2.21. The van der Waals surface area contributed by atoms with Crippen LogP contribution in [-0.2, 0) is 22.7 Å². The van der Waals surface area contributed by atoms with Crippen LogP contribution >= 0.6 is 11.3 Å². The first-order valence-corrected chi connectivity index (χ1v) is 12.7. The van der Waals surface area contributed by atoms with E-state index >= 15 is 0 Å². The highest BCUT2D eigenvalue weighted by atomic mass is 32.1. The van der Waals surface area contributed by atoms with E-state index in [0.717, 1.165) is 41.8 Å². The van der Waals surface area contributed by atoms with Crippen LogP contribution < -0.4 is 20.5 Å². The number of nitrogens with zero attached hydrogens (tertiary/aromatic N) is 1. The fraction of sp³-hybridized carbons (Fsp3) is 0.346. The number of carbonyl (C=O) groups excluding carboxylic acids is 2. The molecular weight excluding hydrogens is 523 g/mol. The first-order valence-electron chi connectivity index (χ1n) is 11.9. The van der Waals surface area contributed by atoms with Crippen LogP contribution in [0.5, 0.6) is 11.5 Å². The Hall–Kier alpha value is -3.64. The molecule has 38 heavy (non-hydrogen) atoms. The number of primary amides is 1. The van der Waals surface area contributed by atoms with Crippen molar-refractivity contribution in [2.24, 2.45) is 5.73 Å². The van der Waals surface area contributed by atoms with Gasteiger partial charge in [-0.3, -0.25) is 9.59 Å². The second-order valence-corrected chi connectivity index (χ2v) is 9.76. The second-order valence-electron chi connectivity index (χ2n) is 8.64. The Bertz CT molecular complexity index is 1240. The highest BCUT2D eigenvalue weighted by Crippen LogP contribution is 2.41. The molecule has 0 spiro atoms. The molecule has 0 saturated heterocycles. The van der Waals surface area contributed by atoms with Gasteiger partial charge in [-0.1, -0.05) is 36.8 Å². The van der Waals surface area contributed by atoms with E-state index in [0.29, 0.717) is 11.6 Å². The number of nitrogens with two attached hydrogens (primary N) is 1. The molecule has 4 rings (SSSR count). The van der Waals surface area contributed by atoms with Gasteiger partial charge in [-0.15, -0.1) is 24.5 Å². The van der Waals surface area contributed by atoms with E-state index in [1.54, 1.807) is 0 Å². The lowest BCUT2D eigenvalue weighted by Crippen LogP contribution is -2.28. The summed E-state index contributed by atoms with van der Waals surface area (Å²) in [5.74, 6) is -1.32. The predicted octanol–water partition coefficient (Wildman–Crippen LogP) is 4.69. The van der Waals surface area contributed by atoms with Crippen LogP contribution in [0.1, 0.15) is 51.1 Å². The number of hydrogen-bond acceptors (Lipinski definition) is 7. The molecule has 2 aromatic carbocycles. The smallest absolute Gasteiger partial charge is 0.484 e. The molecule has 3 aromatic rings. The van der Waals surface area contributed by atoms with Crippen molar-refractivity contribution in [1.29, 1.82) is 0 Å². The highest BCUT2D eigenvalue weighted by molar-refractivity contribution is 7.12. The summed E-state index contributed by atoms with van der Waals surface area (Å²) in [5, 5.41) is 3.18. The molecule has 1 saturated carbocycles. The lowest BCUT2D eigenvalue weighted by molar-refractivity contribution is -0.274. The zero-order chi connectivity index (χ0) is 27.1. The number of amides is 2. The third-order valence-electron chi connectivity index (χ3n) is 5.89. The van der Waals surface area contributed by atoms with Gasteiger partial charge in [0, 0.05) is 10.8 Å². The molecule has 2 atom stereocenters. The Morgan fingerprint density at radius 2 is 1.76 bits per heavy atom. The number of thiazole rings is 1. The maximum atomic E-state index is 12.3. The van der Waals surface area contributed by atoms with Gasteiger partial charge in [-0.05, 0) is 42.7 Å². The number of halogens is 3. The van der Waals surface area contributed by atoms with Gasteiger partial charge in [-0.2, -0.15) is 0 Å². The third-order valence-corrected chi connectivity index (χ3v) is 7.08. The number of benzene rings is 2. The third kappa shape index (κ3) is 7.68. The molecule has 1 aromatic heterocycles. The number of aromatic nitrogens is 1. The number of hydrogen-bond donors (Lipinski definition) is 2. The van der Waals surface area contributed by atoms with Crippen molar-refractivity contribution in [2.75, 3.05) is 6.61 Å². The van der Waals surface area contributed by atoms with Gasteiger partial charge < -0.3 is 25.3 Å². The van der Waals surface area contributed by atoms with E-state index in [9.17, 15) is 22.8 Å². The van der Waals surface area contributed by atoms with Gasteiger partial charge in [-0.25, -0.2) is 4.98 Å². The van der Waals surface area contributed by atoms with E-state index < -0.39 is 23.9 Å². The maximum absolute atomic E-state index is 12.3. The minimum Gasteiger partial charge on any atom is -0.484 e. The lowest BCUT2D eigenvalue weighted by atomic mass is 10.0. The SMILES string of the molecule is NC(=O)c1nc(CNC(=O)COc2ccc(OC(F)(F)F)cc2)sc1[C@@H]1CCC[C@H]1OCc1ccccc1. The number of alkyl halides is 3. The molecule has 1 aliphatic carbocycles. The quantitative estimate of drug-likeness (QED) is 0.359. The molecule has 12 heteroatoms. The Morgan fingerprint density at radius 3 is 2.45 bits per heavy atom. The monoisotopic (exact) mass is 549 g/mol. The Kier molecular flexibility index (Phi) is 8.85. The van der Waals surface area contributed by atoms with Gasteiger partial charge >= 0.3 is 6.36 Å². The Morgan fingerprint density at radius 1 is 1.05 bits per heavy atom. The van der Waals surface area contributed by atoms with Crippen LogP contribution in [-0.4, -0.2) is 35.9 Å². The molecule has 1 aliphatic rings. The molecule has 2 amide bonds. The van der Waals surface area contributed by atoms with Crippen molar-refractivity contribution in [3.63, 3.8) is 0 Å². The summed E-state index contributed by atoms with van der Waals surface area (Å²) >= 11 is 1.32. The number of rotatable bonds is 11. The van der Waals surface area contributed by atoms with Gasteiger partial charge in [0.05, 0.1) is 19.3 Å². The van der Waals surface area contributed by atoms with Crippen LogP contribution in [0.2, 0.25) is 0 Å². The zero-order valence-electron chi connectivity index (χ0n) is 20.2. The van der Waals surface area contributed by atoms with Crippen molar-refractivity contribution in [1.82, 2.24) is 10.3 Å². The average Bonchev–Trinajstić information content (AvgIpc) is 3.52. The molecule has 3 N–H and O–H groups in total. The van der Waals surface area contributed by atoms with Crippen molar-refractivity contribution >= 4 is 23.2 Å². The van der Waals surface area contributed by atoms with Gasteiger partial charge in [0.25, 0.3) is 11.8 Å². The summed E-state index contributed by atoms with van der Waals surface area (Å²) < 4.78 is 52.0. The van der Waals surface area contributed by atoms with Crippen LogP contribution in [0.25, 0.3) is 0 Å². The van der Waals surface area contributed by atoms with E-state index in [2.05, 4.69) is 15.0 Å². The van der Waals surface area contributed by atoms with Crippen molar-refractivity contribution in [3.05, 3.63) is 75.7 Å². The summed E-state index contributed by atoms with van der Waals surface area (Å²) in [7, 11) is 0. The molecule has 0 unspecified atom stereocenters. The van der Waals surface area contributed by atoms with Crippen molar-refractivity contribution in [3.8, 4) is 11.5 Å². The molecule has 1 heterocycles. The highest BCUT2D eigenvalue weighted by Gasteiger charge is 2.34. The Balaban J connectivity index is 1.31. The van der Waals surface area contributed by atoms with E-state index in [1.165, 1.54) is 23.5 Å². The fourth-order valence-corrected chi connectivity index (χ4v) is 5.39. The van der Waals surface area contributed by atoms with Crippen LogP contribution in [0.4, 0.5) is 13.2 Å². The number of nitrogens with one attached hydrogen (secondary N) is 1. The second kappa shape index (κ2) is 12.3. The lowest BCUT2D eigenvalue weighted by Gasteiger charge is -2.19. The average molecular weight is 550 g/mol. The maximum Gasteiger partial charge on any atom is 0.573 e. The predicted molar refractivity (Wildman–Crippen MR) is 133 cm³/mol. The van der Waals surface area contributed by atoms with Crippen molar-refractivity contribution < 1.29 is 37.0 Å². The van der Waals surface area contributed by atoms with Gasteiger partial charge in [0.2, 0.25) is 0 Å². The van der Waals surface area contributed by atoms with Crippen LogP contribution in [0.3, 0.4) is 0 Å². The summed E-state index contributed by atoms with van der Waals surface area (Å²) in [5.41, 5.74) is 6.86. The van der Waals surface area contributed by atoms with Crippen LogP contribution in [0, 0.1) is 0 Å². The van der Waals surface area contributed by atoms with E-state index in [-0.39, 0.29) is 36.6 Å². The molecule has 0 radical (unpaired) electrons. The minimum atomic E-state index is -4.79. The Labute approximate surface area is 220 Å². The van der Waals surface area contributed by atoms with Crippen molar-refractivity contribution in [2.45, 2.75) is 50.8 Å². The largest absolute Gasteiger partial charge is 0.573 e. The topological polar surface area (TPSA) is 113 Å². The first kappa shape index (κ1) is 27.4. The summed E-state index contributed by atoms with van der Waals surface area (Å²) in [4.78, 5) is 29.5. The van der Waals surface area contributed by atoms with E-state index in [4.69, 9.17) is 15.2 Å². The van der Waals surface area contributed by atoms with Gasteiger partial charge in [0.1, 0.15) is 22.2 Å². The zero-order valence-corrected chi connectivity index (χ0v) is 21.0. The standard InChI is InChI=1S/C26H26F3N3O5S/c27-26(28,29)37-18-11-9-17(10-12-18)35-15-21(33)31-13-22-32-23(25(30)34)24(38-22)19-7-4-8-20(19)36-14-16-5-2-1-3-6-16/h1-3,5-6,9-12,19-20H,4,7-8,13-15H2,(H2,30,34)(H,31,33)/t19-,20-/m1/s1. The van der Waals surface area contributed by atoms with Crippen LogP contribution in [0.15, 0.2) is 54.6 Å². The molecule has 8 nitrogen and oxygen atoms in total. The molecule has 1 fully saturated rings. The molecule has 202 valence electrons. The van der Waals surface area contributed by atoms with Gasteiger partial charge in [0.15, 0.2) is 6.61 Å². The summed E-state index contributed by atoms with van der Waals surface area (Å²) in [6.45, 7) is 0.167. The molecule has 0 aliphatic heterocycles. The molecular formula is C26H26F3N3O5S.